The van der Waals surface area contributed by atoms with Crippen LogP contribution in [0.4, 0.5) is 13.2 Å². The summed E-state index contributed by atoms with van der Waals surface area (Å²) in [7, 11) is -2.95. The smallest absolute Gasteiger partial charge is 0.485 e. The average Bonchev–Trinajstić information content (AvgIpc) is 2.97. The maximum Gasteiger partial charge on any atom is 0.485 e. The van der Waals surface area contributed by atoms with Crippen LogP contribution < -0.4 is 9.47 Å². The van der Waals surface area contributed by atoms with E-state index in [1.165, 1.54) is 36.9 Å². The topological polar surface area (TPSA) is 75.7 Å². The molecule has 10 heteroatoms. The lowest BCUT2D eigenvalue weighted by atomic mass is 9.85. The fourth-order valence-electron chi connectivity index (χ4n) is 4.51. The van der Waals surface area contributed by atoms with Crippen LogP contribution in [0.3, 0.4) is 0 Å². The second-order valence-corrected chi connectivity index (χ2v) is 16.1. The summed E-state index contributed by atoms with van der Waals surface area (Å²) in [5.74, 6) is 1.74. The van der Waals surface area contributed by atoms with Crippen LogP contribution in [0, 0.1) is 0 Å². The fourth-order valence-corrected chi connectivity index (χ4v) is 6.76. The maximum absolute atomic E-state index is 10.7. The molecule has 0 aromatic heterocycles. The van der Waals surface area contributed by atoms with Crippen LogP contribution in [0.15, 0.2) is 106 Å². The second-order valence-electron chi connectivity index (χ2n) is 12.8. The van der Waals surface area contributed by atoms with Crippen molar-refractivity contribution in [2.45, 2.75) is 79.0 Å². The molecule has 0 aliphatic heterocycles. The minimum absolute atomic E-state index is 0.0521. The number of benzene rings is 4. The maximum atomic E-state index is 10.7. The highest BCUT2D eigenvalue weighted by atomic mass is 32.2. The van der Waals surface area contributed by atoms with Crippen molar-refractivity contribution in [2.75, 3.05) is 14.2 Å². The summed E-state index contributed by atoms with van der Waals surface area (Å²) in [6.07, 6.45) is 0.889. The first-order valence-electron chi connectivity index (χ1n) is 14.5. The van der Waals surface area contributed by atoms with Gasteiger partial charge in [0.2, 0.25) is 0 Å². The van der Waals surface area contributed by atoms with Crippen molar-refractivity contribution in [1.29, 1.82) is 0 Å². The molecule has 0 N–H and O–H groups in total. The van der Waals surface area contributed by atoms with E-state index in [0.29, 0.717) is 0 Å². The standard InChI is InChI=1S/C35H41O2S.CHF3O3S/c1-34(2,3)27-12-9-25(10-13-27)23-26-11-14-28(35(4,5)6)24-33(26)38(31-19-15-29(36-7)16-20-31)32-21-17-30(37-8)18-22-32;2-1(3,4)8(5,6)7/h9-22,24H,23H2,1-8H3;(H,5,6,7)/q+1;/p-1. The molecule has 0 aliphatic carbocycles. The Kier molecular flexibility index (Phi) is 11.7. The van der Waals surface area contributed by atoms with Crippen molar-refractivity contribution in [1.82, 2.24) is 0 Å². The molecule has 4 aromatic rings. The van der Waals surface area contributed by atoms with Crippen molar-refractivity contribution in [2.24, 2.45) is 0 Å². The molecular formula is C36H41F3O5S2. The van der Waals surface area contributed by atoms with E-state index in [1.807, 2.05) is 0 Å². The largest absolute Gasteiger partial charge is 0.741 e. The summed E-state index contributed by atoms with van der Waals surface area (Å²) < 4.78 is 69.9. The summed E-state index contributed by atoms with van der Waals surface area (Å²) in [6.45, 7) is 13.7. The number of methoxy groups -OCH3 is 2. The molecule has 248 valence electrons. The van der Waals surface area contributed by atoms with Crippen LogP contribution >= 0.6 is 0 Å². The first-order valence-corrected chi connectivity index (χ1v) is 17.2. The van der Waals surface area contributed by atoms with E-state index in [9.17, 15) is 13.2 Å². The number of alkyl halides is 3. The van der Waals surface area contributed by atoms with Gasteiger partial charge in [0.05, 0.1) is 25.1 Å². The van der Waals surface area contributed by atoms with Gasteiger partial charge in [0.25, 0.3) is 0 Å². The van der Waals surface area contributed by atoms with Gasteiger partial charge in [0, 0.05) is 12.0 Å². The number of rotatable bonds is 7. The fraction of sp³-hybridized carbons (Fsp3) is 0.333. The van der Waals surface area contributed by atoms with Gasteiger partial charge in [-0.1, -0.05) is 77.9 Å². The average molecular weight is 675 g/mol. The van der Waals surface area contributed by atoms with E-state index >= 15 is 0 Å². The van der Waals surface area contributed by atoms with Gasteiger partial charge in [-0.05, 0) is 82.1 Å². The van der Waals surface area contributed by atoms with Crippen LogP contribution in [0.1, 0.15) is 63.8 Å². The van der Waals surface area contributed by atoms with Crippen LogP contribution in [0.25, 0.3) is 0 Å². The van der Waals surface area contributed by atoms with E-state index in [0.717, 1.165) is 17.9 Å². The van der Waals surface area contributed by atoms with Crippen molar-refractivity contribution in [3.05, 3.63) is 113 Å². The Morgan fingerprint density at radius 3 is 1.39 bits per heavy atom. The number of hydrogen-bond donors (Lipinski definition) is 0. The third-order valence-electron chi connectivity index (χ3n) is 7.24. The zero-order chi connectivity index (χ0) is 34.5. The van der Waals surface area contributed by atoms with Gasteiger partial charge in [-0.3, -0.25) is 0 Å². The molecule has 0 heterocycles. The van der Waals surface area contributed by atoms with Crippen LogP contribution in [-0.2, 0) is 38.3 Å². The van der Waals surface area contributed by atoms with E-state index in [-0.39, 0.29) is 21.7 Å². The lowest BCUT2D eigenvalue weighted by Crippen LogP contribution is -2.21. The first kappa shape index (κ1) is 37.0. The predicted octanol–water partition coefficient (Wildman–Crippen LogP) is 9.04. The molecule has 0 fully saturated rings. The summed E-state index contributed by atoms with van der Waals surface area (Å²) in [5, 5.41) is 0. The summed E-state index contributed by atoms with van der Waals surface area (Å²) in [5.41, 5.74) is -0.0524. The molecule has 4 aromatic carbocycles. The number of hydrogen-bond acceptors (Lipinski definition) is 5. The molecular weight excluding hydrogens is 634 g/mol. The van der Waals surface area contributed by atoms with Crippen LogP contribution in [-0.4, -0.2) is 32.7 Å². The lowest BCUT2D eigenvalue weighted by Gasteiger charge is -2.22. The van der Waals surface area contributed by atoms with Gasteiger partial charge in [-0.25, -0.2) is 8.42 Å². The van der Waals surface area contributed by atoms with Crippen molar-refractivity contribution in [3.8, 4) is 11.5 Å². The van der Waals surface area contributed by atoms with Gasteiger partial charge < -0.3 is 14.0 Å². The van der Waals surface area contributed by atoms with Gasteiger partial charge >= 0.3 is 5.51 Å². The Bertz CT molecular complexity index is 1640. The summed E-state index contributed by atoms with van der Waals surface area (Å²) >= 11 is 0. The second kappa shape index (κ2) is 14.5. The zero-order valence-electron chi connectivity index (χ0n) is 27.4. The lowest BCUT2D eigenvalue weighted by molar-refractivity contribution is -0.0517. The molecule has 5 nitrogen and oxygen atoms in total. The Balaban J connectivity index is 0.000000637. The van der Waals surface area contributed by atoms with Gasteiger partial charge in [0.1, 0.15) is 11.5 Å². The molecule has 0 aliphatic rings. The molecule has 0 saturated heterocycles. The van der Waals surface area contributed by atoms with E-state index in [4.69, 9.17) is 22.4 Å². The molecule has 0 spiro atoms. The first-order chi connectivity index (χ1) is 21.2. The molecule has 0 amide bonds. The van der Waals surface area contributed by atoms with Crippen molar-refractivity contribution >= 4 is 21.0 Å². The zero-order valence-corrected chi connectivity index (χ0v) is 29.0. The van der Waals surface area contributed by atoms with E-state index in [1.54, 1.807) is 14.2 Å². The van der Waals surface area contributed by atoms with Crippen LogP contribution in [0.2, 0.25) is 0 Å². The molecule has 0 radical (unpaired) electrons. The molecule has 0 atom stereocenters. The molecule has 0 saturated carbocycles. The van der Waals surface area contributed by atoms with Gasteiger partial charge in [-0.2, -0.15) is 13.2 Å². The summed E-state index contributed by atoms with van der Waals surface area (Å²) in [4.78, 5) is 3.91. The number of ether oxygens (including phenoxy) is 2. The minimum atomic E-state index is -6.09. The Labute approximate surface area is 273 Å². The van der Waals surface area contributed by atoms with E-state index < -0.39 is 15.6 Å². The van der Waals surface area contributed by atoms with Gasteiger partial charge in [0.15, 0.2) is 24.8 Å². The highest BCUT2D eigenvalue weighted by Crippen LogP contribution is 2.38. The van der Waals surface area contributed by atoms with Gasteiger partial charge in [-0.15, -0.1) is 0 Å². The SMILES string of the molecule is COc1ccc([S+](c2ccc(OC)cc2)c2cc(C(C)(C)C)ccc2Cc2ccc(C(C)(C)C)cc2)cc1.O=S(=O)([O-])C(F)(F)F. The van der Waals surface area contributed by atoms with Crippen molar-refractivity contribution in [3.63, 3.8) is 0 Å². The normalized spacial score (nSPS) is 12.4. The Hall–Kier alpha value is -3.47. The Morgan fingerprint density at radius 2 is 1.04 bits per heavy atom. The molecule has 4 rings (SSSR count). The molecule has 0 unspecified atom stereocenters. The molecule has 46 heavy (non-hydrogen) atoms. The highest BCUT2D eigenvalue weighted by Gasteiger charge is 2.37. The monoisotopic (exact) mass is 674 g/mol. The third-order valence-corrected chi connectivity index (χ3v) is 10.1. The Morgan fingerprint density at radius 1 is 0.652 bits per heavy atom. The number of halogens is 3. The van der Waals surface area contributed by atoms with Crippen LogP contribution in [0.5, 0.6) is 11.5 Å². The predicted molar refractivity (Wildman–Crippen MR) is 177 cm³/mol. The van der Waals surface area contributed by atoms with Crippen molar-refractivity contribution < 1.29 is 35.6 Å². The third kappa shape index (κ3) is 9.77. The summed E-state index contributed by atoms with van der Waals surface area (Å²) in [6, 6.07) is 33.3. The molecule has 0 bridgehead atoms. The quantitative estimate of drug-likeness (QED) is 0.111. The minimum Gasteiger partial charge on any atom is -0.741 e. The van der Waals surface area contributed by atoms with E-state index in [2.05, 4.69) is 133 Å². The highest BCUT2D eigenvalue weighted by molar-refractivity contribution is 7.97.